The lowest BCUT2D eigenvalue weighted by molar-refractivity contribution is -0.136. The highest BCUT2D eigenvalue weighted by molar-refractivity contribution is 7.84. The van der Waals surface area contributed by atoms with Crippen LogP contribution < -0.4 is 10.1 Å². The molecule has 2 unspecified atom stereocenters. The second kappa shape index (κ2) is 12.1. The maximum absolute atomic E-state index is 13.2. The Labute approximate surface area is 277 Å². The summed E-state index contributed by atoms with van der Waals surface area (Å²) in [6, 6.07) is 15.4. The first-order chi connectivity index (χ1) is 22.4. The topological polar surface area (TPSA) is 121 Å². The molecule has 0 aliphatic carbocycles. The van der Waals surface area contributed by atoms with Crippen molar-refractivity contribution in [3.8, 4) is 5.75 Å². The number of carbonyl (C=O) groups excluding carboxylic acids is 3. The van der Waals surface area contributed by atoms with Gasteiger partial charge in [0.15, 0.2) is 0 Å². The van der Waals surface area contributed by atoms with Crippen LogP contribution in [0, 0.1) is 0 Å². The van der Waals surface area contributed by atoms with Gasteiger partial charge >= 0.3 is 0 Å². The van der Waals surface area contributed by atoms with E-state index in [0.29, 0.717) is 37.5 Å². The third-order valence-corrected chi connectivity index (χ3v) is 11.6. The third-order valence-electron chi connectivity index (χ3n) is 9.72. The summed E-state index contributed by atoms with van der Waals surface area (Å²) in [4.78, 5) is 45.9. The van der Waals surface area contributed by atoms with Crippen LogP contribution in [0.5, 0.6) is 5.75 Å². The molecule has 4 aliphatic rings. The van der Waals surface area contributed by atoms with Gasteiger partial charge < -0.3 is 14.4 Å². The number of pyridine rings is 1. The normalized spacial score (nSPS) is 23.6. The van der Waals surface area contributed by atoms with Crippen LogP contribution >= 0.6 is 0 Å². The van der Waals surface area contributed by atoms with Gasteiger partial charge in [-0.05, 0) is 81.1 Å². The number of likely N-dealkylation sites (N-methyl/N-ethyl adjacent to an activating group) is 1. The SMILES string of the molecule is CN(S(=O)C(C)(C)C)C1(c2ccc3cc(CN4CC[C@H](Oc5ccc6c(c5)CN(C5CCC(=O)NC5=O)C6=O)C4)ccc3n2)COC1. The number of imide groups is 1. The summed E-state index contributed by atoms with van der Waals surface area (Å²) in [5.41, 5.74) is 3.90. The van der Waals surface area contributed by atoms with E-state index >= 15 is 0 Å². The van der Waals surface area contributed by atoms with Crippen LogP contribution in [0.4, 0.5) is 0 Å². The van der Waals surface area contributed by atoms with Crippen molar-refractivity contribution in [1.82, 2.24) is 24.4 Å². The minimum Gasteiger partial charge on any atom is -0.489 e. The molecule has 3 saturated heterocycles. The molecule has 0 spiro atoms. The summed E-state index contributed by atoms with van der Waals surface area (Å²) < 4.78 is 26.7. The highest BCUT2D eigenvalue weighted by Gasteiger charge is 2.49. The number of rotatable bonds is 8. The van der Waals surface area contributed by atoms with Gasteiger partial charge in [-0.25, -0.2) is 8.51 Å². The number of likely N-dealkylation sites (tertiary alicyclic amines) is 1. The lowest BCUT2D eigenvalue weighted by atomic mass is 9.92. The number of nitrogens with zero attached hydrogens (tertiary/aromatic N) is 4. The molecule has 5 heterocycles. The van der Waals surface area contributed by atoms with E-state index in [1.165, 1.54) is 5.56 Å². The summed E-state index contributed by atoms with van der Waals surface area (Å²) in [6.45, 7) is 9.68. The molecule has 3 atom stereocenters. The quantitative estimate of drug-likeness (QED) is 0.366. The summed E-state index contributed by atoms with van der Waals surface area (Å²) in [5.74, 6) is -0.173. The molecule has 0 saturated carbocycles. The number of fused-ring (bicyclic) bond motifs is 2. The fourth-order valence-electron chi connectivity index (χ4n) is 7.00. The first-order valence-corrected chi connectivity index (χ1v) is 17.3. The van der Waals surface area contributed by atoms with E-state index in [-0.39, 0.29) is 29.1 Å². The van der Waals surface area contributed by atoms with Gasteiger partial charge in [-0.3, -0.25) is 29.6 Å². The molecule has 0 radical (unpaired) electrons. The highest BCUT2D eigenvalue weighted by atomic mass is 32.2. The van der Waals surface area contributed by atoms with Crippen LogP contribution in [-0.2, 0) is 43.9 Å². The van der Waals surface area contributed by atoms with Crippen LogP contribution in [0.25, 0.3) is 10.9 Å². The molecule has 4 aliphatic heterocycles. The molecule has 1 aromatic heterocycles. The van der Waals surface area contributed by atoms with Crippen molar-refractivity contribution < 1.29 is 28.1 Å². The molecule has 47 heavy (non-hydrogen) atoms. The fourth-order valence-corrected chi connectivity index (χ4v) is 8.34. The molecule has 11 nitrogen and oxygen atoms in total. The number of benzene rings is 2. The molecule has 1 N–H and O–H groups in total. The Morgan fingerprint density at radius 3 is 2.62 bits per heavy atom. The summed E-state index contributed by atoms with van der Waals surface area (Å²) >= 11 is 0. The van der Waals surface area contributed by atoms with Crippen LogP contribution in [0.1, 0.15) is 67.2 Å². The lowest BCUT2D eigenvalue weighted by Gasteiger charge is -2.48. The number of amides is 3. The molecular formula is C35H41N5O6S. The Morgan fingerprint density at radius 1 is 1.09 bits per heavy atom. The number of aromatic nitrogens is 1. The van der Waals surface area contributed by atoms with Gasteiger partial charge in [0.25, 0.3) is 5.91 Å². The molecule has 3 aromatic rings. The number of hydrogen-bond donors (Lipinski definition) is 1. The van der Waals surface area contributed by atoms with Gasteiger partial charge in [-0.15, -0.1) is 0 Å². The monoisotopic (exact) mass is 659 g/mol. The molecule has 12 heteroatoms. The zero-order valence-corrected chi connectivity index (χ0v) is 28.1. The van der Waals surface area contributed by atoms with Crippen LogP contribution in [0.3, 0.4) is 0 Å². The van der Waals surface area contributed by atoms with E-state index in [0.717, 1.165) is 48.2 Å². The van der Waals surface area contributed by atoms with Crippen molar-refractivity contribution in [2.75, 3.05) is 33.4 Å². The van der Waals surface area contributed by atoms with Crippen molar-refractivity contribution in [3.63, 3.8) is 0 Å². The van der Waals surface area contributed by atoms with Crippen LogP contribution in [-0.4, -0.2) is 91.3 Å². The van der Waals surface area contributed by atoms with Crippen molar-refractivity contribution in [2.45, 2.75) is 75.6 Å². The largest absolute Gasteiger partial charge is 0.489 e. The predicted octanol–water partition coefficient (Wildman–Crippen LogP) is 3.27. The van der Waals surface area contributed by atoms with Crippen molar-refractivity contribution >= 4 is 39.6 Å². The standard InChI is InChI=1S/C35H41N5O6S/c1-34(2,3)47(44)38(4)35(20-45-21-35)30-11-6-23-15-22(5-9-28(23)36-30)17-39-14-13-26(19-39)46-25-7-8-27-24(16-25)18-40(33(27)43)29-10-12-31(41)37-32(29)42/h5-9,11,15-16,26,29H,10,12-14,17-21H2,1-4H3,(H,37,41,42)/t26-,29?,47?/m0/s1. The van der Waals surface area contributed by atoms with Crippen LogP contribution in [0.15, 0.2) is 48.5 Å². The Morgan fingerprint density at radius 2 is 1.89 bits per heavy atom. The summed E-state index contributed by atoms with van der Waals surface area (Å²) in [6.07, 6.45) is 1.49. The van der Waals surface area contributed by atoms with Crippen LogP contribution in [0.2, 0.25) is 0 Å². The Kier molecular flexibility index (Phi) is 8.18. The molecule has 0 bridgehead atoms. The average Bonchev–Trinajstić information content (AvgIpc) is 3.58. The first-order valence-electron chi connectivity index (χ1n) is 16.2. The van der Waals surface area contributed by atoms with E-state index in [1.54, 1.807) is 11.0 Å². The molecule has 3 amide bonds. The second-order valence-corrected chi connectivity index (χ2v) is 16.4. The van der Waals surface area contributed by atoms with Gasteiger partial charge in [0.05, 0.1) is 29.2 Å². The van der Waals surface area contributed by atoms with E-state index in [4.69, 9.17) is 14.5 Å². The van der Waals surface area contributed by atoms with Gasteiger partial charge in [0.1, 0.15) is 34.4 Å². The van der Waals surface area contributed by atoms with Crippen molar-refractivity contribution in [3.05, 3.63) is 70.9 Å². The molecule has 248 valence electrons. The molecule has 7 rings (SSSR count). The van der Waals surface area contributed by atoms with E-state index in [1.807, 2.05) is 50.3 Å². The highest BCUT2D eigenvalue weighted by Crippen LogP contribution is 2.38. The van der Waals surface area contributed by atoms with E-state index < -0.39 is 28.5 Å². The number of hydrogen-bond acceptors (Lipinski definition) is 8. The van der Waals surface area contributed by atoms with Crippen molar-refractivity contribution in [1.29, 1.82) is 0 Å². The average molecular weight is 660 g/mol. The summed E-state index contributed by atoms with van der Waals surface area (Å²) in [5, 5.41) is 3.41. The third kappa shape index (κ3) is 5.96. The number of nitrogens with one attached hydrogen (secondary N) is 1. The summed E-state index contributed by atoms with van der Waals surface area (Å²) in [7, 11) is 0.693. The maximum atomic E-state index is 13.2. The minimum absolute atomic E-state index is 0.0256. The van der Waals surface area contributed by atoms with Gasteiger partial charge in [0.2, 0.25) is 11.8 Å². The molecular weight excluding hydrogens is 618 g/mol. The fraction of sp³-hybridized carbons (Fsp3) is 0.486. The number of ether oxygens (including phenoxy) is 2. The van der Waals surface area contributed by atoms with Gasteiger partial charge in [-0.1, -0.05) is 12.1 Å². The first kappa shape index (κ1) is 31.9. The lowest BCUT2D eigenvalue weighted by Crippen LogP contribution is -2.60. The number of carbonyl (C=O) groups is 3. The number of piperidine rings is 1. The molecule has 3 fully saturated rings. The molecule has 2 aromatic carbocycles. The Hall–Kier alpha value is -3.71. The van der Waals surface area contributed by atoms with Gasteiger partial charge in [0, 0.05) is 50.6 Å². The Balaban J connectivity index is 0.974. The maximum Gasteiger partial charge on any atom is 0.255 e. The van der Waals surface area contributed by atoms with E-state index in [2.05, 4.69) is 34.5 Å². The second-order valence-electron chi connectivity index (χ2n) is 14.1. The van der Waals surface area contributed by atoms with Crippen molar-refractivity contribution in [2.24, 2.45) is 0 Å². The Bertz CT molecular complexity index is 1790. The smallest absolute Gasteiger partial charge is 0.255 e. The zero-order chi connectivity index (χ0) is 33.1. The van der Waals surface area contributed by atoms with E-state index in [9.17, 15) is 18.6 Å². The van der Waals surface area contributed by atoms with Gasteiger partial charge in [-0.2, -0.15) is 0 Å². The minimum atomic E-state index is -1.20. The predicted molar refractivity (Wildman–Crippen MR) is 177 cm³/mol. The zero-order valence-electron chi connectivity index (χ0n) is 27.3.